The number of aliphatic carboxylic acids is 1. The number of nitrogens with zero attached hydrogens (tertiary/aromatic N) is 1. The van der Waals surface area contributed by atoms with Crippen molar-refractivity contribution in [3.8, 4) is 0 Å². The Labute approximate surface area is 120 Å². The van der Waals surface area contributed by atoms with Crippen LogP contribution in [0.3, 0.4) is 0 Å². The maximum atomic E-state index is 12.0. The molecular weight excluding hydrogens is 278 g/mol. The number of nitrogens with two attached hydrogens (primary N) is 1. The predicted molar refractivity (Wildman–Crippen MR) is 73.7 cm³/mol. The Kier molecular flexibility index (Phi) is 4.06. The van der Waals surface area contributed by atoms with E-state index in [0.29, 0.717) is 12.3 Å². The summed E-state index contributed by atoms with van der Waals surface area (Å²) >= 11 is 0. The van der Waals surface area contributed by atoms with Crippen molar-refractivity contribution in [2.75, 3.05) is 5.73 Å². The molecule has 0 bridgehead atoms. The molecule has 0 radical (unpaired) electrons. The Hall–Kier alpha value is -2.64. The Morgan fingerprint density at radius 1 is 1.48 bits per heavy atom. The molecule has 4 N–H and O–H groups in total. The van der Waals surface area contributed by atoms with Crippen LogP contribution in [0, 0.1) is 16.0 Å². The summed E-state index contributed by atoms with van der Waals surface area (Å²) in [7, 11) is 0. The first kappa shape index (κ1) is 14.8. The maximum Gasteiger partial charge on any atom is 0.326 e. The molecule has 1 fully saturated rings. The normalized spacial score (nSPS) is 15.2. The SMILES string of the molecule is Nc1ccc(C(=O)NC(CC2CC2)C(=O)O)cc1[N+](=O)[O-]. The lowest BCUT2D eigenvalue weighted by molar-refractivity contribution is -0.383. The standard InChI is InChI=1S/C13H15N3O5/c14-9-4-3-8(6-11(9)16(20)21)12(17)15-10(13(18)19)5-7-1-2-7/h3-4,6-7,10H,1-2,5,14H2,(H,15,17)(H,18,19). The van der Waals surface area contributed by atoms with Crippen LogP contribution in [0.2, 0.25) is 0 Å². The quantitative estimate of drug-likeness (QED) is 0.409. The number of nitrogen functional groups attached to an aromatic ring is 1. The van der Waals surface area contributed by atoms with Crippen LogP contribution in [0.1, 0.15) is 29.6 Å². The predicted octanol–water partition coefficient (Wildman–Crippen LogP) is 1.16. The van der Waals surface area contributed by atoms with Gasteiger partial charge in [0.05, 0.1) is 4.92 Å². The van der Waals surface area contributed by atoms with E-state index >= 15 is 0 Å². The number of carbonyl (C=O) groups excluding carboxylic acids is 1. The summed E-state index contributed by atoms with van der Waals surface area (Å²) in [6.07, 6.45) is 2.30. The minimum absolute atomic E-state index is 0.0120. The third-order valence-corrected chi connectivity index (χ3v) is 3.36. The highest BCUT2D eigenvalue weighted by Crippen LogP contribution is 2.33. The smallest absolute Gasteiger partial charge is 0.326 e. The van der Waals surface area contributed by atoms with Crippen LogP contribution in [0.4, 0.5) is 11.4 Å². The largest absolute Gasteiger partial charge is 0.480 e. The highest BCUT2D eigenvalue weighted by molar-refractivity contribution is 5.97. The third kappa shape index (κ3) is 3.68. The summed E-state index contributed by atoms with van der Waals surface area (Å²) < 4.78 is 0. The molecule has 1 unspecified atom stereocenters. The lowest BCUT2D eigenvalue weighted by atomic mass is 10.1. The summed E-state index contributed by atoms with van der Waals surface area (Å²) in [6, 6.07) is 2.64. The summed E-state index contributed by atoms with van der Waals surface area (Å²) in [5.41, 5.74) is 5.03. The highest BCUT2D eigenvalue weighted by atomic mass is 16.6. The van der Waals surface area contributed by atoms with Crippen molar-refractivity contribution < 1.29 is 19.6 Å². The zero-order valence-electron chi connectivity index (χ0n) is 11.1. The van der Waals surface area contributed by atoms with Gasteiger partial charge in [0.25, 0.3) is 11.6 Å². The van der Waals surface area contributed by atoms with Crippen molar-refractivity contribution in [1.29, 1.82) is 0 Å². The van der Waals surface area contributed by atoms with Gasteiger partial charge in [0, 0.05) is 11.6 Å². The summed E-state index contributed by atoms with van der Waals surface area (Å²) in [4.78, 5) is 33.2. The molecule has 1 amide bonds. The number of nitro groups is 1. The monoisotopic (exact) mass is 293 g/mol. The Balaban J connectivity index is 2.13. The van der Waals surface area contributed by atoms with E-state index < -0.39 is 22.8 Å². The molecule has 112 valence electrons. The van der Waals surface area contributed by atoms with Gasteiger partial charge in [-0.2, -0.15) is 0 Å². The van der Waals surface area contributed by atoms with Gasteiger partial charge in [-0.15, -0.1) is 0 Å². The Bertz CT molecular complexity index is 597. The van der Waals surface area contributed by atoms with Crippen LogP contribution in [0.5, 0.6) is 0 Å². The second-order valence-corrected chi connectivity index (χ2v) is 5.07. The number of hydrogen-bond acceptors (Lipinski definition) is 5. The Morgan fingerprint density at radius 2 is 2.14 bits per heavy atom. The molecule has 1 saturated carbocycles. The first-order valence-electron chi connectivity index (χ1n) is 6.46. The van der Waals surface area contributed by atoms with E-state index in [4.69, 9.17) is 10.8 Å². The van der Waals surface area contributed by atoms with Crippen LogP contribution in [0.25, 0.3) is 0 Å². The molecule has 0 spiro atoms. The third-order valence-electron chi connectivity index (χ3n) is 3.36. The molecule has 1 aromatic rings. The number of amides is 1. The lowest BCUT2D eigenvalue weighted by Gasteiger charge is -2.14. The summed E-state index contributed by atoms with van der Waals surface area (Å²) in [5, 5.41) is 22.3. The van der Waals surface area contributed by atoms with Crippen molar-refractivity contribution in [1.82, 2.24) is 5.32 Å². The second kappa shape index (κ2) is 5.78. The van der Waals surface area contributed by atoms with E-state index in [2.05, 4.69) is 5.32 Å². The minimum Gasteiger partial charge on any atom is -0.480 e. The van der Waals surface area contributed by atoms with Gasteiger partial charge in [0.15, 0.2) is 0 Å². The van der Waals surface area contributed by atoms with Crippen LogP contribution in [-0.2, 0) is 4.79 Å². The molecule has 1 atom stereocenters. The number of nitro benzene ring substituents is 1. The zero-order chi connectivity index (χ0) is 15.6. The topological polar surface area (TPSA) is 136 Å². The average Bonchev–Trinajstić information content (AvgIpc) is 3.21. The molecule has 0 aromatic heterocycles. The number of carboxylic acid groups (broad SMARTS) is 1. The van der Waals surface area contributed by atoms with E-state index in [1.165, 1.54) is 12.1 Å². The van der Waals surface area contributed by atoms with E-state index in [0.717, 1.165) is 18.9 Å². The number of carboxylic acids is 1. The fraction of sp³-hybridized carbons (Fsp3) is 0.385. The molecule has 2 rings (SSSR count). The molecule has 1 aromatic carbocycles. The number of hydrogen-bond donors (Lipinski definition) is 3. The highest BCUT2D eigenvalue weighted by Gasteiger charge is 2.30. The number of benzene rings is 1. The van der Waals surface area contributed by atoms with Crippen molar-refractivity contribution >= 4 is 23.3 Å². The Morgan fingerprint density at radius 3 is 2.67 bits per heavy atom. The van der Waals surface area contributed by atoms with Gasteiger partial charge in [0.2, 0.25) is 0 Å². The molecule has 8 nitrogen and oxygen atoms in total. The fourth-order valence-electron chi connectivity index (χ4n) is 1.99. The van der Waals surface area contributed by atoms with Crippen LogP contribution >= 0.6 is 0 Å². The fourth-order valence-corrected chi connectivity index (χ4v) is 1.99. The van der Waals surface area contributed by atoms with Gasteiger partial charge in [-0.3, -0.25) is 14.9 Å². The van der Waals surface area contributed by atoms with Gasteiger partial charge < -0.3 is 16.2 Å². The minimum atomic E-state index is -1.11. The molecule has 0 heterocycles. The molecule has 8 heteroatoms. The number of nitrogens with one attached hydrogen (secondary N) is 1. The van der Waals surface area contributed by atoms with Gasteiger partial charge in [-0.05, 0) is 24.5 Å². The van der Waals surface area contributed by atoms with E-state index in [1.54, 1.807) is 0 Å². The summed E-state index contributed by atoms with van der Waals surface area (Å²) in [5.74, 6) is -1.45. The molecule has 0 aliphatic heterocycles. The maximum absolute atomic E-state index is 12.0. The second-order valence-electron chi connectivity index (χ2n) is 5.07. The van der Waals surface area contributed by atoms with Crippen LogP contribution < -0.4 is 11.1 Å². The molecule has 21 heavy (non-hydrogen) atoms. The van der Waals surface area contributed by atoms with Crippen LogP contribution in [0.15, 0.2) is 18.2 Å². The van der Waals surface area contributed by atoms with Crippen LogP contribution in [-0.4, -0.2) is 27.9 Å². The van der Waals surface area contributed by atoms with E-state index in [-0.39, 0.29) is 16.9 Å². The van der Waals surface area contributed by atoms with Gasteiger partial charge >= 0.3 is 5.97 Å². The molecular formula is C13H15N3O5. The molecule has 1 aliphatic rings. The van der Waals surface area contributed by atoms with Crippen molar-refractivity contribution in [2.24, 2.45) is 5.92 Å². The summed E-state index contributed by atoms with van der Waals surface area (Å²) in [6.45, 7) is 0. The van der Waals surface area contributed by atoms with Gasteiger partial charge in [-0.1, -0.05) is 12.8 Å². The van der Waals surface area contributed by atoms with E-state index in [9.17, 15) is 19.7 Å². The number of carbonyl (C=O) groups is 2. The molecule has 1 aliphatic carbocycles. The van der Waals surface area contributed by atoms with Gasteiger partial charge in [-0.25, -0.2) is 4.79 Å². The van der Waals surface area contributed by atoms with E-state index in [1.807, 2.05) is 0 Å². The lowest BCUT2D eigenvalue weighted by Crippen LogP contribution is -2.41. The number of rotatable bonds is 6. The van der Waals surface area contributed by atoms with Gasteiger partial charge in [0.1, 0.15) is 11.7 Å². The average molecular weight is 293 g/mol. The first-order valence-corrected chi connectivity index (χ1v) is 6.46. The van der Waals surface area contributed by atoms with Crippen molar-refractivity contribution in [2.45, 2.75) is 25.3 Å². The van der Waals surface area contributed by atoms with Crippen molar-refractivity contribution in [3.63, 3.8) is 0 Å². The molecule has 0 saturated heterocycles. The van der Waals surface area contributed by atoms with Crippen molar-refractivity contribution in [3.05, 3.63) is 33.9 Å². The zero-order valence-corrected chi connectivity index (χ0v) is 11.1. The number of anilines is 1. The first-order chi connectivity index (χ1) is 9.88.